The molecule has 3 heteroatoms. The van der Waals surface area contributed by atoms with Crippen LogP contribution < -0.4 is 10.5 Å². The number of aryl methyl sites for hydroxylation is 1. The summed E-state index contributed by atoms with van der Waals surface area (Å²) in [7, 11) is 0. The molecule has 0 aliphatic rings. The largest absolute Gasteiger partial charge is 0.491 e. The van der Waals surface area contributed by atoms with Crippen LogP contribution in [0.15, 0.2) is 12.1 Å². The Morgan fingerprint density at radius 2 is 1.87 bits per heavy atom. The van der Waals surface area contributed by atoms with Gasteiger partial charge in [-0.05, 0) is 45.4 Å². The summed E-state index contributed by atoms with van der Waals surface area (Å²) in [6, 6.07) is 2.93. The van der Waals surface area contributed by atoms with Gasteiger partial charge in [0.2, 0.25) is 0 Å². The maximum Gasteiger partial charge on any atom is 0.126 e. The van der Waals surface area contributed by atoms with Crippen LogP contribution in [0, 0.1) is 12.7 Å². The molecule has 0 aromatic heterocycles. The molecule has 0 aliphatic heterocycles. The second-order valence-electron chi connectivity index (χ2n) is 4.09. The van der Waals surface area contributed by atoms with Crippen LogP contribution in [0.25, 0.3) is 0 Å². The summed E-state index contributed by atoms with van der Waals surface area (Å²) in [5, 5.41) is 0. The van der Waals surface area contributed by atoms with Gasteiger partial charge in [0.1, 0.15) is 11.6 Å². The van der Waals surface area contributed by atoms with E-state index in [1.807, 2.05) is 20.8 Å². The lowest BCUT2D eigenvalue weighted by Crippen LogP contribution is -2.12. The van der Waals surface area contributed by atoms with Gasteiger partial charge in [-0.1, -0.05) is 0 Å². The number of hydrogen-bond acceptors (Lipinski definition) is 2. The molecule has 1 atom stereocenters. The van der Waals surface area contributed by atoms with Gasteiger partial charge in [0, 0.05) is 11.6 Å². The third-order valence-electron chi connectivity index (χ3n) is 2.14. The van der Waals surface area contributed by atoms with E-state index in [1.54, 1.807) is 13.0 Å². The van der Waals surface area contributed by atoms with Gasteiger partial charge < -0.3 is 10.5 Å². The summed E-state index contributed by atoms with van der Waals surface area (Å²) in [6.07, 6.45) is 0.0624. The molecule has 0 amide bonds. The molecule has 15 heavy (non-hydrogen) atoms. The van der Waals surface area contributed by atoms with E-state index in [1.165, 1.54) is 6.07 Å². The Kier molecular flexibility index (Phi) is 3.69. The van der Waals surface area contributed by atoms with Crippen molar-refractivity contribution in [3.63, 3.8) is 0 Å². The SMILES string of the molecule is Cc1cc(OC(C)C)c([C@H](C)N)cc1F. The van der Waals surface area contributed by atoms with Crippen molar-refractivity contribution in [2.24, 2.45) is 5.73 Å². The molecule has 0 spiro atoms. The number of hydrogen-bond donors (Lipinski definition) is 1. The number of benzene rings is 1. The van der Waals surface area contributed by atoms with Gasteiger partial charge in [0.15, 0.2) is 0 Å². The first kappa shape index (κ1) is 12.0. The van der Waals surface area contributed by atoms with E-state index in [0.29, 0.717) is 16.9 Å². The van der Waals surface area contributed by atoms with E-state index in [0.717, 1.165) is 0 Å². The fraction of sp³-hybridized carbons (Fsp3) is 0.500. The Bertz CT molecular complexity index is 348. The van der Waals surface area contributed by atoms with Crippen molar-refractivity contribution in [1.82, 2.24) is 0 Å². The zero-order valence-corrected chi connectivity index (χ0v) is 9.67. The molecule has 0 saturated carbocycles. The van der Waals surface area contributed by atoms with E-state index in [9.17, 15) is 4.39 Å². The third kappa shape index (κ3) is 2.93. The molecule has 0 radical (unpaired) electrons. The molecule has 0 unspecified atom stereocenters. The first-order chi connectivity index (χ1) is 6.91. The van der Waals surface area contributed by atoms with Crippen molar-refractivity contribution in [1.29, 1.82) is 0 Å². The van der Waals surface area contributed by atoms with Crippen LogP contribution in [0.4, 0.5) is 4.39 Å². The van der Waals surface area contributed by atoms with Crippen molar-refractivity contribution in [2.45, 2.75) is 39.8 Å². The van der Waals surface area contributed by atoms with E-state index in [-0.39, 0.29) is 18.0 Å². The number of rotatable bonds is 3. The van der Waals surface area contributed by atoms with Crippen molar-refractivity contribution in [3.8, 4) is 5.75 Å². The summed E-state index contributed by atoms with van der Waals surface area (Å²) in [6.45, 7) is 7.40. The van der Waals surface area contributed by atoms with Gasteiger partial charge in [-0.2, -0.15) is 0 Å². The molecule has 0 aliphatic carbocycles. The van der Waals surface area contributed by atoms with Crippen LogP contribution in [0.5, 0.6) is 5.75 Å². The Morgan fingerprint density at radius 3 is 2.33 bits per heavy atom. The van der Waals surface area contributed by atoms with Crippen LogP contribution in [0.3, 0.4) is 0 Å². The number of nitrogens with two attached hydrogens (primary N) is 1. The van der Waals surface area contributed by atoms with Crippen molar-refractivity contribution in [3.05, 3.63) is 29.1 Å². The summed E-state index contributed by atoms with van der Waals surface area (Å²) in [5.41, 5.74) is 7.06. The predicted octanol–water partition coefficient (Wildman–Crippen LogP) is 2.94. The molecule has 1 aromatic carbocycles. The van der Waals surface area contributed by atoms with Gasteiger partial charge in [0.25, 0.3) is 0 Å². The standard InChI is InChI=1S/C12H18FNO/c1-7(2)15-12-5-8(3)11(13)6-10(12)9(4)14/h5-7,9H,14H2,1-4H3/t9-/m0/s1. The highest BCUT2D eigenvalue weighted by Gasteiger charge is 2.12. The molecule has 0 bridgehead atoms. The van der Waals surface area contributed by atoms with Crippen LogP contribution in [0.2, 0.25) is 0 Å². The second kappa shape index (κ2) is 4.62. The molecular weight excluding hydrogens is 193 g/mol. The lowest BCUT2D eigenvalue weighted by molar-refractivity contribution is 0.238. The van der Waals surface area contributed by atoms with Crippen molar-refractivity contribution >= 4 is 0 Å². The Morgan fingerprint density at radius 1 is 1.27 bits per heavy atom. The zero-order chi connectivity index (χ0) is 11.6. The smallest absolute Gasteiger partial charge is 0.126 e. The van der Waals surface area contributed by atoms with Gasteiger partial charge in [-0.15, -0.1) is 0 Å². The van der Waals surface area contributed by atoms with Gasteiger partial charge in [0.05, 0.1) is 6.10 Å². The molecule has 0 saturated heterocycles. The Balaban J connectivity index is 3.16. The maximum absolute atomic E-state index is 13.3. The summed E-state index contributed by atoms with van der Waals surface area (Å²) in [5.74, 6) is 0.442. The Hall–Kier alpha value is -1.09. The minimum Gasteiger partial charge on any atom is -0.491 e. The second-order valence-corrected chi connectivity index (χ2v) is 4.09. The predicted molar refractivity (Wildman–Crippen MR) is 59.5 cm³/mol. The summed E-state index contributed by atoms with van der Waals surface area (Å²) >= 11 is 0. The highest BCUT2D eigenvalue weighted by Crippen LogP contribution is 2.27. The average molecular weight is 211 g/mol. The number of halogens is 1. The molecule has 84 valence electrons. The van der Waals surface area contributed by atoms with Gasteiger partial charge in [-0.3, -0.25) is 0 Å². The third-order valence-corrected chi connectivity index (χ3v) is 2.14. The minimum absolute atomic E-state index is 0.0624. The highest BCUT2D eigenvalue weighted by molar-refractivity contribution is 5.39. The lowest BCUT2D eigenvalue weighted by Gasteiger charge is -2.17. The molecular formula is C12H18FNO. The van der Waals surface area contributed by atoms with Crippen LogP contribution in [-0.2, 0) is 0 Å². The van der Waals surface area contributed by atoms with Gasteiger partial charge >= 0.3 is 0 Å². The fourth-order valence-electron chi connectivity index (χ4n) is 1.38. The summed E-state index contributed by atoms with van der Waals surface area (Å²) < 4.78 is 18.9. The normalized spacial score (nSPS) is 13.0. The fourth-order valence-corrected chi connectivity index (χ4v) is 1.38. The first-order valence-electron chi connectivity index (χ1n) is 5.14. The molecule has 2 N–H and O–H groups in total. The minimum atomic E-state index is -0.238. The number of ether oxygens (including phenoxy) is 1. The van der Waals surface area contributed by atoms with Gasteiger partial charge in [-0.25, -0.2) is 4.39 Å². The highest BCUT2D eigenvalue weighted by atomic mass is 19.1. The van der Waals surface area contributed by atoms with E-state index >= 15 is 0 Å². The zero-order valence-electron chi connectivity index (χ0n) is 9.67. The monoisotopic (exact) mass is 211 g/mol. The van der Waals surface area contributed by atoms with Crippen molar-refractivity contribution in [2.75, 3.05) is 0 Å². The molecule has 1 aromatic rings. The first-order valence-corrected chi connectivity index (χ1v) is 5.14. The molecule has 0 fully saturated rings. The van der Waals surface area contributed by atoms with E-state index < -0.39 is 0 Å². The van der Waals surface area contributed by atoms with Crippen LogP contribution in [0.1, 0.15) is 37.9 Å². The van der Waals surface area contributed by atoms with Crippen molar-refractivity contribution < 1.29 is 9.13 Å². The van der Waals surface area contributed by atoms with Crippen LogP contribution >= 0.6 is 0 Å². The summed E-state index contributed by atoms with van der Waals surface area (Å²) in [4.78, 5) is 0. The van der Waals surface area contributed by atoms with E-state index in [2.05, 4.69) is 0 Å². The molecule has 2 nitrogen and oxygen atoms in total. The Labute approximate surface area is 90.2 Å². The van der Waals surface area contributed by atoms with Crippen LogP contribution in [-0.4, -0.2) is 6.10 Å². The maximum atomic E-state index is 13.3. The molecule has 0 heterocycles. The molecule has 1 rings (SSSR count). The average Bonchev–Trinajstić information content (AvgIpc) is 2.09. The quantitative estimate of drug-likeness (QED) is 0.834. The lowest BCUT2D eigenvalue weighted by atomic mass is 10.0. The van der Waals surface area contributed by atoms with E-state index in [4.69, 9.17) is 10.5 Å². The topological polar surface area (TPSA) is 35.2 Å².